The molecule has 2 aromatic carbocycles. The molecule has 0 aliphatic carbocycles. The monoisotopic (exact) mass is 519 g/mol. The van der Waals surface area contributed by atoms with E-state index in [2.05, 4.69) is 4.74 Å². The standard InChI is InChI=1S/C24H22ClNO8S/c1-4-33-18-10-15(11-19-21(27)26(24(31)35-19)13(2)23(30)32-3)9-17(25)20(18)34-12-14-5-7-16(8-6-14)22(28)29/h5-11,13H,4,12H2,1-3H3,(H,28,29)/b19-11+/t13-/m1/s1. The summed E-state index contributed by atoms with van der Waals surface area (Å²) < 4.78 is 16.1. The molecule has 35 heavy (non-hydrogen) atoms. The highest BCUT2D eigenvalue weighted by molar-refractivity contribution is 8.18. The first kappa shape index (κ1) is 26.1. The van der Waals surface area contributed by atoms with Crippen LogP contribution in [0.2, 0.25) is 5.02 Å². The van der Waals surface area contributed by atoms with Gasteiger partial charge in [-0.2, -0.15) is 0 Å². The van der Waals surface area contributed by atoms with E-state index in [-0.39, 0.29) is 27.8 Å². The number of thioether (sulfide) groups is 1. The van der Waals surface area contributed by atoms with Gasteiger partial charge in [0.1, 0.15) is 12.6 Å². The predicted molar refractivity (Wildman–Crippen MR) is 130 cm³/mol. The molecule has 0 aromatic heterocycles. The maximum atomic E-state index is 12.8. The number of carbonyl (C=O) groups excluding carboxylic acids is 3. The van der Waals surface area contributed by atoms with Crippen molar-refractivity contribution in [1.82, 2.24) is 4.90 Å². The molecule has 0 saturated carbocycles. The van der Waals surface area contributed by atoms with Crippen LogP contribution in [0.1, 0.15) is 35.3 Å². The van der Waals surface area contributed by atoms with Crippen LogP contribution >= 0.6 is 23.4 Å². The van der Waals surface area contributed by atoms with E-state index in [1.54, 1.807) is 31.2 Å². The van der Waals surface area contributed by atoms with Crippen LogP contribution in [0.4, 0.5) is 4.79 Å². The smallest absolute Gasteiger partial charge is 0.335 e. The second-order valence-electron chi connectivity index (χ2n) is 7.30. The SMILES string of the molecule is CCOc1cc(/C=C2/SC(=O)N([C@H](C)C(=O)OC)C2=O)cc(Cl)c1OCc1ccc(C(=O)O)cc1. The van der Waals surface area contributed by atoms with E-state index in [1.807, 2.05) is 0 Å². The van der Waals surface area contributed by atoms with Gasteiger partial charge in [-0.1, -0.05) is 23.7 Å². The van der Waals surface area contributed by atoms with Crippen LogP contribution in [0.25, 0.3) is 6.08 Å². The number of methoxy groups -OCH3 is 1. The first-order chi connectivity index (χ1) is 16.7. The summed E-state index contributed by atoms with van der Waals surface area (Å²) in [6.45, 7) is 3.63. The molecule has 2 aromatic rings. The highest BCUT2D eigenvalue weighted by Crippen LogP contribution is 2.40. The van der Waals surface area contributed by atoms with Crippen molar-refractivity contribution in [2.75, 3.05) is 13.7 Å². The molecule has 1 fully saturated rings. The first-order valence-electron chi connectivity index (χ1n) is 10.4. The molecule has 0 radical (unpaired) electrons. The van der Waals surface area contributed by atoms with Gasteiger partial charge in [-0.25, -0.2) is 9.59 Å². The zero-order chi connectivity index (χ0) is 25.7. The number of hydrogen-bond acceptors (Lipinski definition) is 8. The van der Waals surface area contributed by atoms with Crippen LogP contribution in [0.3, 0.4) is 0 Å². The van der Waals surface area contributed by atoms with Gasteiger partial charge in [0.05, 0.1) is 29.2 Å². The number of rotatable bonds is 9. The minimum Gasteiger partial charge on any atom is -0.490 e. The number of hydrogen-bond donors (Lipinski definition) is 1. The lowest BCUT2D eigenvalue weighted by molar-refractivity contribution is -0.148. The van der Waals surface area contributed by atoms with Gasteiger partial charge in [-0.3, -0.25) is 14.5 Å². The van der Waals surface area contributed by atoms with Crippen LogP contribution in [0.15, 0.2) is 41.3 Å². The highest BCUT2D eigenvalue weighted by Gasteiger charge is 2.41. The molecule has 3 rings (SSSR count). The molecule has 1 atom stereocenters. The molecule has 1 aliphatic heterocycles. The van der Waals surface area contributed by atoms with E-state index in [1.165, 1.54) is 32.2 Å². The Morgan fingerprint density at radius 3 is 2.46 bits per heavy atom. The van der Waals surface area contributed by atoms with Crippen molar-refractivity contribution in [1.29, 1.82) is 0 Å². The van der Waals surface area contributed by atoms with Crippen molar-refractivity contribution in [3.63, 3.8) is 0 Å². The van der Waals surface area contributed by atoms with Gasteiger partial charge < -0.3 is 19.3 Å². The van der Waals surface area contributed by atoms with Gasteiger partial charge in [0.2, 0.25) is 0 Å². The minimum atomic E-state index is -1.05. The molecule has 9 nitrogen and oxygen atoms in total. The summed E-state index contributed by atoms with van der Waals surface area (Å²) in [7, 11) is 1.18. The third kappa shape index (κ3) is 5.95. The molecule has 184 valence electrons. The zero-order valence-corrected chi connectivity index (χ0v) is 20.6. The Hall–Kier alpha value is -3.50. The first-order valence-corrected chi connectivity index (χ1v) is 11.6. The van der Waals surface area contributed by atoms with Crippen molar-refractivity contribution in [3.05, 3.63) is 63.0 Å². The molecule has 0 unspecified atom stereocenters. The second-order valence-corrected chi connectivity index (χ2v) is 8.70. The number of ether oxygens (including phenoxy) is 3. The topological polar surface area (TPSA) is 119 Å². The summed E-state index contributed by atoms with van der Waals surface area (Å²) in [6, 6.07) is 8.35. The van der Waals surface area contributed by atoms with Crippen LogP contribution in [0.5, 0.6) is 11.5 Å². The molecule has 2 amide bonds. The molecule has 1 N–H and O–H groups in total. The minimum absolute atomic E-state index is 0.114. The van der Waals surface area contributed by atoms with Gasteiger partial charge in [-0.15, -0.1) is 0 Å². The number of carbonyl (C=O) groups is 4. The Kier molecular flexibility index (Phi) is 8.42. The Bertz CT molecular complexity index is 1190. The quantitative estimate of drug-likeness (QED) is 0.374. The van der Waals surface area contributed by atoms with E-state index in [4.69, 9.17) is 26.2 Å². The van der Waals surface area contributed by atoms with Crippen molar-refractivity contribution in [2.45, 2.75) is 26.5 Å². The zero-order valence-electron chi connectivity index (χ0n) is 19.1. The number of imide groups is 1. The predicted octanol–water partition coefficient (Wildman–Crippen LogP) is 4.61. The van der Waals surface area contributed by atoms with Crippen molar-refractivity contribution in [2.24, 2.45) is 0 Å². The van der Waals surface area contributed by atoms with Gasteiger partial charge in [0.25, 0.3) is 11.1 Å². The van der Waals surface area contributed by atoms with Crippen LogP contribution in [-0.2, 0) is 20.9 Å². The highest BCUT2D eigenvalue weighted by atomic mass is 35.5. The third-order valence-corrected chi connectivity index (χ3v) is 6.13. The van der Waals surface area contributed by atoms with E-state index in [9.17, 15) is 19.2 Å². The normalized spacial score (nSPS) is 15.3. The van der Waals surface area contributed by atoms with Crippen molar-refractivity contribution >= 4 is 52.5 Å². The molecule has 1 aliphatic rings. The van der Waals surface area contributed by atoms with Crippen LogP contribution in [0, 0.1) is 0 Å². The number of carboxylic acid groups (broad SMARTS) is 1. The third-order valence-electron chi connectivity index (χ3n) is 4.97. The lowest BCUT2D eigenvalue weighted by atomic mass is 10.1. The van der Waals surface area contributed by atoms with Crippen LogP contribution in [-0.4, -0.2) is 52.8 Å². The number of carboxylic acids is 1. The molecule has 11 heteroatoms. The summed E-state index contributed by atoms with van der Waals surface area (Å²) in [5.41, 5.74) is 1.38. The Balaban J connectivity index is 1.84. The average Bonchev–Trinajstić information content (AvgIpc) is 3.10. The summed E-state index contributed by atoms with van der Waals surface area (Å²) >= 11 is 7.16. The second kappa shape index (κ2) is 11.3. The maximum Gasteiger partial charge on any atom is 0.335 e. The van der Waals surface area contributed by atoms with E-state index in [0.717, 1.165) is 10.5 Å². The molecule has 1 saturated heterocycles. The fraction of sp³-hybridized carbons (Fsp3) is 0.250. The molecular weight excluding hydrogens is 498 g/mol. The number of aromatic carboxylic acids is 1. The molecule has 0 spiro atoms. The number of benzene rings is 2. The Labute approximate surface area is 210 Å². The lowest BCUT2D eigenvalue weighted by Gasteiger charge is -2.18. The largest absolute Gasteiger partial charge is 0.490 e. The summed E-state index contributed by atoms with van der Waals surface area (Å²) in [5, 5.41) is 8.65. The molecule has 0 bridgehead atoms. The van der Waals surface area contributed by atoms with Crippen LogP contribution < -0.4 is 9.47 Å². The summed E-state index contributed by atoms with van der Waals surface area (Å²) in [4.78, 5) is 48.9. The van der Waals surface area contributed by atoms with E-state index < -0.39 is 29.1 Å². The number of amides is 2. The maximum absolute atomic E-state index is 12.8. The fourth-order valence-corrected chi connectivity index (χ4v) is 4.40. The van der Waals surface area contributed by atoms with E-state index in [0.29, 0.717) is 29.7 Å². The summed E-state index contributed by atoms with van der Waals surface area (Å²) in [5.74, 6) is -1.73. The molecular formula is C24H22ClNO8S. The van der Waals surface area contributed by atoms with E-state index >= 15 is 0 Å². The number of nitrogens with zero attached hydrogens (tertiary/aromatic N) is 1. The summed E-state index contributed by atoms with van der Waals surface area (Å²) in [6.07, 6.45) is 1.48. The van der Waals surface area contributed by atoms with Gasteiger partial charge in [0, 0.05) is 0 Å². The van der Waals surface area contributed by atoms with Crippen molar-refractivity contribution < 1.29 is 38.5 Å². The number of esters is 1. The Morgan fingerprint density at radius 1 is 1.17 bits per heavy atom. The number of halogens is 1. The van der Waals surface area contributed by atoms with Gasteiger partial charge >= 0.3 is 11.9 Å². The molecule has 1 heterocycles. The fourth-order valence-electron chi connectivity index (χ4n) is 3.21. The lowest BCUT2D eigenvalue weighted by Crippen LogP contribution is -2.42. The van der Waals surface area contributed by atoms with Gasteiger partial charge in [-0.05, 0) is 67.1 Å². The van der Waals surface area contributed by atoms with Gasteiger partial charge in [0.15, 0.2) is 11.5 Å². The Morgan fingerprint density at radius 2 is 1.86 bits per heavy atom. The average molecular weight is 520 g/mol. The van der Waals surface area contributed by atoms with Crippen molar-refractivity contribution in [3.8, 4) is 11.5 Å².